The summed E-state index contributed by atoms with van der Waals surface area (Å²) in [4.78, 5) is 4.33. The van der Waals surface area contributed by atoms with Gasteiger partial charge in [0, 0.05) is 11.9 Å². The molecular formula is C16H21N3O2. The highest BCUT2D eigenvalue weighted by Gasteiger charge is 2.19. The number of aromatic nitrogens is 1. The van der Waals surface area contributed by atoms with Crippen LogP contribution in [-0.2, 0) is 6.42 Å². The summed E-state index contributed by atoms with van der Waals surface area (Å²) in [5.74, 6) is 7.26. The van der Waals surface area contributed by atoms with E-state index in [2.05, 4.69) is 10.4 Å². The van der Waals surface area contributed by atoms with Gasteiger partial charge in [-0.3, -0.25) is 16.3 Å². The van der Waals surface area contributed by atoms with Crippen LogP contribution in [0.3, 0.4) is 0 Å². The van der Waals surface area contributed by atoms with E-state index in [1.54, 1.807) is 20.4 Å². The number of methoxy groups -OCH3 is 2. The van der Waals surface area contributed by atoms with Crippen molar-refractivity contribution >= 4 is 0 Å². The second-order valence-electron chi connectivity index (χ2n) is 4.66. The van der Waals surface area contributed by atoms with Crippen LogP contribution >= 0.6 is 0 Å². The first-order chi connectivity index (χ1) is 10.3. The molecule has 21 heavy (non-hydrogen) atoms. The Morgan fingerprint density at radius 1 is 1.10 bits per heavy atom. The maximum Gasteiger partial charge on any atom is 0.127 e. The highest BCUT2D eigenvalue weighted by atomic mass is 16.5. The summed E-state index contributed by atoms with van der Waals surface area (Å²) >= 11 is 0. The number of hydrogen-bond acceptors (Lipinski definition) is 5. The summed E-state index contributed by atoms with van der Waals surface area (Å²) in [7, 11) is 3.29. The van der Waals surface area contributed by atoms with E-state index < -0.39 is 0 Å². The normalized spacial score (nSPS) is 12.0. The molecule has 0 saturated heterocycles. The minimum Gasteiger partial charge on any atom is -0.496 e. The van der Waals surface area contributed by atoms with Gasteiger partial charge in [0.15, 0.2) is 0 Å². The Bertz CT molecular complexity index is 538. The molecule has 3 N–H and O–H groups in total. The molecule has 0 bridgehead atoms. The van der Waals surface area contributed by atoms with Crippen molar-refractivity contribution in [3.05, 3.63) is 53.9 Å². The monoisotopic (exact) mass is 287 g/mol. The number of nitrogens with two attached hydrogens (primary N) is 1. The van der Waals surface area contributed by atoms with E-state index in [0.29, 0.717) is 0 Å². The van der Waals surface area contributed by atoms with E-state index in [9.17, 15) is 0 Å². The summed E-state index contributed by atoms with van der Waals surface area (Å²) in [5.41, 5.74) is 4.82. The molecule has 1 aromatic carbocycles. The summed E-state index contributed by atoms with van der Waals surface area (Å²) in [6, 6.07) is 11.5. The highest BCUT2D eigenvalue weighted by Crippen LogP contribution is 2.35. The van der Waals surface area contributed by atoms with Gasteiger partial charge < -0.3 is 9.47 Å². The first kappa shape index (κ1) is 15.3. The first-order valence-electron chi connectivity index (χ1n) is 6.87. The van der Waals surface area contributed by atoms with Crippen LogP contribution in [0.2, 0.25) is 0 Å². The Kier molecular flexibility index (Phi) is 5.54. The molecule has 1 heterocycles. The predicted octanol–water partition coefficient (Wildman–Crippen LogP) is 2.24. The van der Waals surface area contributed by atoms with Gasteiger partial charge in [0.2, 0.25) is 0 Å². The number of aryl methyl sites for hydroxylation is 1. The van der Waals surface area contributed by atoms with Gasteiger partial charge in [0.1, 0.15) is 11.5 Å². The summed E-state index contributed by atoms with van der Waals surface area (Å²) in [6.07, 6.45) is 3.41. The molecule has 2 rings (SSSR count). The van der Waals surface area contributed by atoms with Crippen LogP contribution in [0.15, 0.2) is 42.6 Å². The summed E-state index contributed by atoms with van der Waals surface area (Å²) in [5, 5.41) is 0. The molecule has 0 spiro atoms. The number of pyridine rings is 1. The van der Waals surface area contributed by atoms with Gasteiger partial charge in [-0.1, -0.05) is 12.1 Å². The number of hydrogen-bond donors (Lipinski definition) is 2. The van der Waals surface area contributed by atoms with E-state index in [0.717, 1.165) is 35.6 Å². The predicted molar refractivity (Wildman–Crippen MR) is 82.2 cm³/mol. The Balaban J connectivity index is 2.21. The van der Waals surface area contributed by atoms with E-state index in [1.165, 1.54) is 0 Å². The third-order valence-corrected chi connectivity index (χ3v) is 3.43. The molecule has 5 nitrogen and oxygen atoms in total. The number of ether oxygens (including phenoxy) is 2. The van der Waals surface area contributed by atoms with Gasteiger partial charge >= 0.3 is 0 Å². The Morgan fingerprint density at radius 3 is 2.33 bits per heavy atom. The number of benzene rings is 1. The number of hydrazine groups is 1. The molecule has 1 aromatic heterocycles. The van der Waals surface area contributed by atoms with E-state index in [4.69, 9.17) is 15.3 Å². The molecule has 0 radical (unpaired) electrons. The number of nitrogens with zero attached hydrogens (tertiary/aromatic N) is 1. The maximum absolute atomic E-state index is 5.73. The quantitative estimate of drug-likeness (QED) is 0.604. The SMILES string of the molecule is COc1cccc(OC)c1C(CCc1ccccn1)NN. The van der Waals surface area contributed by atoms with Crippen molar-refractivity contribution in [1.29, 1.82) is 0 Å². The Hall–Kier alpha value is -2.11. The molecule has 5 heteroatoms. The number of rotatable bonds is 7. The van der Waals surface area contributed by atoms with Crippen LogP contribution in [-0.4, -0.2) is 19.2 Å². The smallest absolute Gasteiger partial charge is 0.127 e. The molecule has 0 aliphatic heterocycles. The number of nitrogens with one attached hydrogen (secondary N) is 1. The van der Waals surface area contributed by atoms with E-state index in [-0.39, 0.29) is 6.04 Å². The van der Waals surface area contributed by atoms with Gasteiger partial charge in [0.25, 0.3) is 0 Å². The van der Waals surface area contributed by atoms with Crippen LogP contribution in [0.4, 0.5) is 0 Å². The fourth-order valence-electron chi connectivity index (χ4n) is 2.37. The minimum absolute atomic E-state index is 0.0712. The molecule has 1 unspecified atom stereocenters. The average molecular weight is 287 g/mol. The molecular weight excluding hydrogens is 266 g/mol. The van der Waals surface area contributed by atoms with Crippen molar-refractivity contribution in [1.82, 2.24) is 10.4 Å². The van der Waals surface area contributed by atoms with Gasteiger partial charge in [-0.2, -0.15) is 0 Å². The molecule has 0 amide bonds. The van der Waals surface area contributed by atoms with Crippen LogP contribution in [0.25, 0.3) is 0 Å². The third-order valence-electron chi connectivity index (χ3n) is 3.43. The zero-order valence-electron chi connectivity index (χ0n) is 12.4. The molecule has 1 atom stereocenters. The maximum atomic E-state index is 5.73. The molecule has 112 valence electrons. The van der Waals surface area contributed by atoms with Gasteiger partial charge in [-0.15, -0.1) is 0 Å². The second kappa shape index (κ2) is 7.61. The average Bonchev–Trinajstić information content (AvgIpc) is 2.56. The molecule has 0 saturated carbocycles. The fraction of sp³-hybridized carbons (Fsp3) is 0.312. The van der Waals surface area contributed by atoms with Crippen molar-refractivity contribution in [3.8, 4) is 11.5 Å². The molecule has 0 aliphatic rings. The summed E-state index contributed by atoms with van der Waals surface area (Å²) in [6.45, 7) is 0. The third kappa shape index (κ3) is 3.71. The van der Waals surface area contributed by atoms with E-state index >= 15 is 0 Å². The lowest BCUT2D eigenvalue weighted by Gasteiger charge is -2.21. The zero-order chi connectivity index (χ0) is 15.1. The molecule has 0 fully saturated rings. The molecule has 0 aliphatic carbocycles. The van der Waals surface area contributed by atoms with Crippen molar-refractivity contribution in [2.45, 2.75) is 18.9 Å². The highest BCUT2D eigenvalue weighted by molar-refractivity contribution is 5.47. The second-order valence-corrected chi connectivity index (χ2v) is 4.66. The zero-order valence-corrected chi connectivity index (χ0v) is 12.4. The van der Waals surface area contributed by atoms with E-state index in [1.807, 2.05) is 36.4 Å². The van der Waals surface area contributed by atoms with Crippen molar-refractivity contribution in [2.75, 3.05) is 14.2 Å². The first-order valence-corrected chi connectivity index (χ1v) is 6.87. The topological polar surface area (TPSA) is 69.4 Å². The lowest BCUT2D eigenvalue weighted by atomic mass is 9.99. The summed E-state index contributed by atoms with van der Waals surface area (Å²) < 4.78 is 10.9. The van der Waals surface area contributed by atoms with Crippen LogP contribution in [0, 0.1) is 0 Å². The minimum atomic E-state index is -0.0712. The fourth-order valence-corrected chi connectivity index (χ4v) is 2.37. The van der Waals surface area contributed by atoms with Crippen molar-refractivity contribution in [3.63, 3.8) is 0 Å². The van der Waals surface area contributed by atoms with Crippen LogP contribution in [0.5, 0.6) is 11.5 Å². The standard InChI is InChI=1S/C16H21N3O2/c1-20-14-7-5-8-15(21-2)16(14)13(19-17)10-9-12-6-3-4-11-18-12/h3-8,11,13,19H,9-10,17H2,1-2H3. The largest absolute Gasteiger partial charge is 0.496 e. The lowest BCUT2D eigenvalue weighted by Crippen LogP contribution is -2.29. The van der Waals surface area contributed by atoms with Crippen molar-refractivity contribution in [2.24, 2.45) is 5.84 Å². The van der Waals surface area contributed by atoms with Gasteiger partial charge in [-0.05, 0) is 37.1 Å². The van der Waals surface area contributed by atoms with Gasteiger partial charge in [-0.25, -0.2) is 0 Å². The lowest BCUT2D eigenvalue weighted by molar-refractivity contribution is 0.366. The molecule has 2 aromatic rings. The van der Waals surface area contributed by atoms with Gasteiger partial charge in [0.05, 0.1) is 25.8 Å². The Morgan fingerprint density at radius 2 is 1.81 bits per heavy atom. The van der Waals surface area contributed by atoms with Crippen LogP contribution in [0.1, 0.15) is 23.7 Å². The van der Waals surface area contributed by atoms with Crippen molar-refractivity contribution < 1.29 is 9.47 Å². The van der Waals surface area contributed by atoms with Crippen LogP contribution < -0.4 is 20.7 Å². The Labute approximate surface area is 125 Å².